The third-order valence-electron chi connectivity index (χ3n) is 4.47. The quantitative estimate of drug-likeness (QED) is 0.544. The topological polar surface area (TPSA) is 90.1 Å². The Kier molecular flexibility index (Phi) is 4.41. The van der Waals surface area contributed by atoms with Crippen LogP contribution in [0.2, 0.25) is 0 Å². The summed E-state index contributed by atoms with van der Waals surface area (Å²) >= 11 is 1.73. The Morgan fingerprint density at radius 2 is 1.93 bits per heavy atom. The molecule has 136 valence electrons. The van der Waals surface area contributed by atoms with Crippen LogP contribution >= 0.6 is 11.8 Å². The van der Waals surface area contributed by atoms with Crippen LogP contribution < -0.4 is 5.32 Å². The molecule has 4 rings (SSSR count). The number of carbonyl (C=O) groups is 1. The van der Waals surface area contributed by atoms with E-state index < -0.39 is 10.8 Å². The van der Waals surface area contributed by atoms with Gasteiger partial charge in [0, 0.05) is 23.1 Å². The van der Waals surface area contributed by atoms with Crippen molar-refractivity contribution < 1.29 is 9.72 Å². The lowest BCUT2D eigenvalue weighted by Gasteiger charge is -2.13. The number of amides is 1. The first-order valence-corrected chi connectivity index (χ1v) is 9.51. The van der Waals surface area contributed by atoms with Gasteiger partial charge < -0.3 is 5.32 Å². The van der Waals surface area contributed by atoms with Crippen molar-refractivity contribution in [1.82, 2.24) is 9.78 Å². The maximum Gasteiger partial charge on any atom is 0.282 e. The molecule has 27 heavy (non-hydrogen) atoms. The standard InChI is InChI=1S/C19H16N4O3S/c1-12-6-2-4-8-16(12)22-18(14-10-27-11-15(14)21-22)20-19(24)13-7-3-5-9-17(13)23(25)26/h2-9H,10-11H2,1H3,(H,20,24). The zero-order valence-corrected chi connectivity index (χ0v) is 15.3. The van der Waals surface area contributed by atoms with Gasteiger partial charge in [-0.3, -0.25) is 14.9 Å². The summed E-state index contributed by atoms with van der Waals surface area (Å²) in [5, 5.41) is 18.8. The van der Waals surface area contributed by atoms with Gasteiger partial charge in [0.15, 0.2) is 0 Å². The fourth-order valence-corrected chi connectivity index (χ4v) is 4.15. The maximum absolute atomic E-state index is 12.8. The third-order valence-corrected chi connectivity index (χ3v) is 5.44. The van der Waals surface area contributed by atoms with Gasteiger partial charge in [-0.05, 0) is 24.6 Å². The van der Waals surface area contributed by atoms with Crippen LogP contribution in [0.15, 0.2) is 48.5 Å². The Bertz CT molecular complexity index is 1060. The average molecular weight is 380 g/mol. The molecule has 0 atom stereocenters. The van der Waals surface area contributed by atoms with E-state index in [1.807, 2.05) is 31.2 Å². The van der Waals surface area contributed by atoms with E-state index in [4.69, 9.17) is 0 Å². The second-order valence-corrected chi connectivity index (χ2v) is 7.18. The fraction of sp³-hybridized carbons (Fsp3) is 0.158. The van der Waals surface area contributed by atoms with Gasteiger partial charge in [0.1, 0.15) is 11.4 Å². The summed E-state index contributed by atoms with van der Waals surface area (Å²) in [6, 6.07) is 13.7. The molecule has 0 saturated carbocycles. The molecule has 1 amide bonds. The first-order chi connectivity index (χ1) is 13.1. The van der Waals surface area contributed by atoms with Crippen LogP contribution in [0.25, 0.3) is 5.69 Å². The number of hydrogen-bond donors (Lipinski definition) is 1. The Morgan fingerprint density at radius 1 is 1.19 bits per heavy atom. The minimum absolute atomic E-state index is 0.0273. The molecule has 8 heteroatoms. The van der Waals surface area contributed by atoms with Crippen molar-refractivity contribution in [2.24, 2.45) is 0 Å². The largest absolute Gasteiger partial charge is 0.306 e. The Hall–Kier alpha value is -3.13. The molecule has 0 spiro atoms. The smallest absolute Gasteiger partial charge is 0.282 e. The van der Waals surface area contributed by atoms with Crippen molar-refractivity contribution in [1.29, 1.82) is 0 Å². The van der Waals surface area contributed by atoms with Crippen LogP contribution in [0.1, 0.15) is 27.2 Å². The predicted octanol–water partition coefficient (Wildman–Crippen LogP) is 4.09. The molecule has 2 heterocycles. The van der Waals surface area contributed by atoms with Gasteiger partial charge in [0.05, 0.1) is 16.3 Å². The van der Waals surface area contributed by atoms with Crippen molar-refractivity contribution >= 4 is 29.2 Å². The summed E-state index contributed by atoms with van der Waals surface area (Å²) in [6.07, 6.45) is 0. The minimum atomic E-state index is -0.548. The fourth-order valence-electron chi connectivity index (χ4n) is 3.12. The number of aromatic nitrogens is 2. The van der Waals surface area contributed by atoms with Gasteiger partial charge >= 0.3 is 0 Å². The molecule has 0 fully saturated rings. The van der Waals surface area contributed by atoms with E-state index in [-0.39, 0.29) is 11.3 Å². The van der Waals surface area contributed by atoms with Gasteiger partial charge in [0.2, 0.25) is 0 Å². The van der Waals surface area contributed by atoms with Crippen LogP contribution in [0.4, 0.5) is 11.5 Å². The molecular formula is C19H16N4O3S. The van der Waals surface area contributed by atoms with Crippen molar-refractivity contribution in [3.63, 3.8) is 0 Å². The molecule has 0 aliphatic carbocycles. The van der Waals surface area contributed by atoms with Gasteiger partial charge in [-0.2, -0.15) is 16.9 Å². The maximum atomic E-state index is 12.8. The van der Waals surface area contributed by atoms with Crippen LogP contribution in [-0.2, 0) is 11.5 Å². The zero-order chi connectivity index (χ0) is 19.0. The van der Waals surface area contributed by atoms with Crippen LogP contribution in [0.5, 0.6) is 0 Å². The number of carbonyl (C=O) groups excluding carboxylic acids is 1. The van der Waals surface area contributed by atoms with E-state index in [0.29, 0.717) is 5.82 Å². The molecule has 1 aromatic heterocycles. The molecule has 7 nitrogen and oxygen atoms in total. The highest BCUT2D eigenvalue weighted by Gasteiger charge is 2.27. The summed E-state index contributed by atoms with van der Waals surface area (Å²) in [7, 11) is 0. The summed E-state index contributed by atoms with van der Waals surface area (Å²) in [5.74, 6) is 1.58. The van der Waals surface area contributed by atoms with Crippen molar-refractivity contribution in [3.05, 3.63) is 81.0 Å². The molecule has 1 N–H and O–H groups in total. The number of anilines is 1. The number of para-hydroxylation sites is 2. The van der Waals surface area contributed by atoms with Crippen molar-refractivity contribution in [2.45, 2.75) is 18.4 Å². The van der Waals surface area contributed by atoms with Crippen molar-refractivity contribution in [3.8, 4) is 5.69 Å². The van der Waals surface area contributed by atoms with Crippen molar-refractivity contribution in [2.75, 3.05) is 5.32 Å². The number of nitro groups is 1. The van der Waals surface area contributed by atoms with Gasteiger partial charge in [-0.15, -0.1) is 0 Å². The number of hydrogen-bond acceptors (Lipinski definition) is 5. The highest BCUT2D eigenvalue weighted by Crippen LogP contribution is 2.37. The summed E-state index contributed by atoms with van der Waals surface area (Å²) in [5.41, 5.74) is 3.60. The van der Waals surface area contributed by atoms with E-state index in [2.05, 4.69) is 10.4 Å². The van der Waals surface area contributed by atoms with E-state index in [9.17, 15) is 14.9 Å². The third kappa shape index (κ3) is 3.08. The van der Waals surface area contributed by atoms with Crippen LogP contribution in [0, 0.1) is 17.0 Å². The monoisotopic (exact) mass is 380 g/mol. The van der Waals surface area contributed by atoms with Crippen LogP contribution in [-0.4, -0.2) is 20.6 Å². The van der Waals surface area contributed by atoms with Gasteiger partial charge in [-0.25, -0.2) is 4.68 Å². The average Bonchev–Trinajstić information content (AvgIpc) is 3.25. The Balaban J connectivity index is 1.78. The number of benzene rings is 2. The normalized spacial score (nSPS) is 12.6. The molecule has 1 aliphatic rings. The van der Waals surface area contributed by atoms with E-state index >= 15 is 0 Å². The highest BCUT2D eigenvalue weighted by molar-refractivity contribution is 7.98. The first-order valence-electron chi connectivity index (χ1n) is 8.35. The molecule has 0 bridgehead atoms. The van der Waals surface area contributed by atoms with Gasteiger partial charge in [0.25, 0.3) is 11.6 Å². The number of fused-ring (bicyclic) bond motifs is 1. The molecule has 1 aliphatic heterocycles. The van der Waals surface area contributed by atoms with Gasteiger partial charge in [-0.1, -0.05) is 30.3 Å². The lowest BCUT2D eigenvalue weighted by molar-refractivity contribution is -0.385. The molecular weight excluding hydrogens is 364 g/mol. The lowest BCUT2D eigenvalue weighted by Crippen LogP contribution is -2.17. The first kappa shape index (κ1) is 17.3. The second-order valence-electron chi connectivity index (χ2n) is 6.19. The second kappa shape index (κ2) is 6.88. The number of nitro benzene ring substituents is 1. The number of nitrogens with one attached hydrogen (secondary N) is 1. The minimum Gasteiger partial charge on any atom is -0.306 e. The Morgan fingerprint density at radius 3 is 2.70 bits per heavy atom. The van der Waals surface area contributed by atoms with E-state index in [1.54, 1.807) is 28.6 Å². The highest BCUT2D eigenvalue weighted by atomic mass is 32.2. The van der Waals surface area contributed by atoms with E-state index in [1.165, 1.54) is 12.1 Å². The molecule has 0 radical (unpaired) electrons. The zero-order valence-electron chi connectivity index (χ0n) is 14.5. The number of thioether (sulfide) groups is 1. The summed E-state index contributed by atoms with van der Waals surface area (Å²) in [4.78, 5) is 23.5. The van der Waals surface area contributed by atoms with E-state index in [0.717, 1.165) is 34.0 Å². The lowest BCUT2D eigenvalue weighted by atomic mass is 10.1. The number of rotatable bonds is 4. The predicted molar refractivity (Wildman–Crippen MR) is 104 cm³/mol. The number of nitrogens with zero attached hydrogens (tertiary/aromatic N) is 3. The number of aryl methyl sites for hydroxylation is 1. The molecule has 0 saturated heterocycles. The Labute approximate surface area is 159 Å². The summed E-state index contributed by atoms with van der Waals surface area (Å²) in [6.45, 7) is 1.98. The molecule has 0 unspecified atom stereocenters. The molecule has 2 aromatic carbocycles. The van der Waals surface area contributed by atoms with Crippen LogP contribution in [0.3, 0.4) is 0 Å². The molecule has 3 aromatic rings. The summed E-state index contributed by atoms with van der Waals surface area (Å²) < 4.78 is 1.73. The SMILES string of the molecule is Cc1ccccc1-n1nc2c(c1NC(=O)c1ccccc1[N+](=O)[O-])CSC2.